The summed E-state index contributed by atoms with van der Waals surface area (Å²) in [7, 11) is 0. The van der Waals surface area contributed by atoms with Gasteiger partial charge in [0, 0.05) is 6.20 Å². The summed E-state index contributed by atoms with van der Waals surface area (Å²) in [4.78, 5) is 26.1. The lowest BCUT2D eigenvalue weighted by molar-refractivity contribution is -0.139. The molecule has 1 heterocycles. The fourth-order valence-electron chi connectivity index (χ4n) is 1.42. The van der Waals surface area contributed by atoms with Crippen molar-refractivity contribution in [3.63, 3.8) is 0 Å². The highest BCUT2D eigenvalue weighted by molar-refractivity contribution is 7.98. The predicted molar refractivity (Wildman–Crippen MR) is 71.1 cm³/mol. The van der Waals surface area contributed by atoms with Gasteiger partial charge in [0.15, 0.2) is 0 Å². The van der Waals surface area contributed by atoms with E-state index in [9.17, 15) is 22.8 Å². The molecule has 9 heteroatoms. The molecule has 1 rings (SSSR count). The van der Waals surface area contributed by atoms with Crippen LogP contribution in [0.5, 0.6) is 0 Å². The van der Waals surface area contributed by atoms with Crippen molar-refractivity contribution < 1.29 is 27.9 Å². The Labute approximate surface area is 122 Å². The Morgan fingerprint density at radius 3 is 2.52 bits per heavy atom. The fourth-order valence-corrected chi connectivity index (χ4v) is 1.89. The molecule has 0 radical (unpaired) electrons. The second kappa shape index (κ2) is 7.30. The molecule has 1 atom stereocenters. The van der Waals surface area contributed by atoms with Crippen molar-refractivity contribution >= 4 is 23.6 Å². The van der Waals surface area contributed by atoms with Crippen LogP contribution in [0.4, 0.5) is 13.2 Å². The molecule has 0 saturated heterocycles. The number of nitrogens with one attached hydrogen (secondary N) is 1. The van der Waals surface area contributed by atoms with Crippen LogP contribution < -0.4 is 5.32 Å². The molecule has 0 aliphatic heterocycles. The molecule has 21 heavy (non-hydrogen) atoms. The first-order chi connectivity index (χ1) is 9.75. The Kier molecular flexibility index (Phi) is 6.01. The molecule has 0 unspecified atom stereocenters. The third kappa shape index (κ3) is 5.25. The first-order valence-electron chi connectivity index (χ1n) is 5.81. The number of halogens is 3. The van der Waals surface area contributed by atoms with E-state index in [2.05, 4.69) is 10.3 Å². The van der Waals surface area contributed by atoms with Crippen molar-refractivity contribution in [3.05, 3.63) is 29.6 Å². The topological polar surface area (TPSA) is 79.3 Å². The molecular formula is C12H13F3N2O3S. The minimum absolute atomic E-state index is 0.211. The van der Waals surface area contributed by atoms with Gasteiger partial charge in [-0.1, -0.05) is 0 Å². The summed E-state index contributed by atoms with van der Waals surface area (Å²) >= 11 is 1.42. The van der Waals surface area contributed by atoms with Crippen molar-refractivity contribution in [1.29, 1.82) is 0 Å². The van der Waals surface area contributed by atoms with Crippen LogP contribution in [0.2, 0.25) is 0 Å². The number of carboxylic acids is 1. The number of rotatable bonds is 6. The predicted octanol–water partition coefficient (Wildman–Crippen LogP) is 2.04. The molecule has 116 valence electrons. The van der Waals surface area contributed by atoms with Gasteiger partial charge in [0.05, 0.1) is 5.56 Å². The number of carbonyl (C=O) groups is 2. The number of aliphatic carboxylic acids is 1. The first kappa shape index (κ1) is 17.3. The van der Waals surface area contributed by atoms with Crippen molar-refractivity contribution in [1.82, 2.24) is 10.3 Å². The van der Waals surface area contributed by atoms with Gasteiger partial charge in [-0.25, -0.2) is 4.79 Å². The summed E-state index contributed by atoms with van der Waals surface area (Å²) in [6.07, 6.45) is -2.00. The van der Waals surface area contributed by atoms with Crippen molar-refractivity contribution in [3.8, 4) is 0 Å². The minimum Gasteiger partial charge on any atom is -0.480 e. The summed E-state index contributed by atoms with van der Waals surface area (Å²) in [6, 6.07) is 0.527. The van der Waals surface area contributed by atoms with Crippen molar-refractivity contribution in [2.75, 3.05) is 12.0 Å². The molecule has 1 aromatic heterocycles. The van der Waals surface area contributed by atoms with Gasteiger partial charge < -0.3 is 10.4 Å². The van der Waals surface area contributed by atoms with Crippen LogP contribution in [0.1, 0.15) is 22.5 Å². The van der Waals surface area contributed by atoms with E-state index in [4.69, 9.17) is 5.11 Å². The smallest absolute Gasteiger partial charge is 0.417 e. The largest absolute Gasteiger partial charge is 0.480 e. The van der Waals surface area contributed by atoms with Crippen LogP contribution in [0.15, 0.2) is 18.3 Å². The summed E-state index contributed by atoms with van der Waals surface area (Å²) in [5, 5.41) is 11.2. The lowest BCUT2D eigenvalue weighted by atomic mass is 10.2. The maximum atomic E-state index is 12.4. The van der Waals surface area contributed by atoms with E-state index in [1.165, 1.54) is 11.8 Å². The van der Waals surface area contributed by atoms with Gasteiger partial charge in [-0.05, 0) is 30.6 Å². The maximum absolute atomic E-state index is 12.4. The van der Waals surface area contributed by atoms with Crippen LogP contribution in [0, 0.1) is 0 Å². The third-order valence-electron chi connectivity index (χ3n) is 2.54. The van der Waals surface area contributed by atoms with Crippen LogP contribution in [-0.2, 0) is 11.0 Å². The average Bonchev–Trinajstić information content (AvgIpc) is 2.42. The Bertz CT molecular complexity index is 505. The molecule has 0 aliphatic rings. The number of carboxylic acid groups (broad SMARTS) is 1. The van der Waals surface area contributed by atoms with E-state index in [0.29, 0.717) is 11.9 Å². The van der Waals surface area contributed by atoms with Gasteiger partial charge in [0.2, 0.25) is 0 Å². The van der Waals surface area contributed by atoms with Gasteiger partial charge >= 0.3 is 12.1 Å². The second-order valence-electron chi connectivity index (χ2n) is 4.08. The molecule has 1 amide bonds. The van der Waals surface area contributed by atoms with E-state index >= 15 is 0 Å². The van der Waals surface area contributed by atoms with Crippen molar-refractivity contribution in [2.45, 2.75) is 18.6 Å². The number of hydrogen-bond donors (Lipinski definition) is 2. The lowest BCUT2D eigenvalue weighted by Gasteiger charge is -2.13. The first-order valence-corrected chi connectivity index (χ1v) is 7.21. The Morgan fingerprint density at radius 1 is 1.43 bits per heavy atom. The quantitative estimate of drug-likeness (QED) is 0.838. The molecule has 0 bridgehead atoms. The molecule has 0 fully saturated rings. The monoisotopic (exact) mass is 322 g/mol. The third-order valence-corrected chi connectivity index (χ3v) is 3.18. The number of aromatic nitrogens is 1. The summed E-state index contributed by atoms with van der Waals surface area (Å²) in [5.41, 5.74) is -1.24. The Balaban J connectivity index is 2.76. The normalized spacial score (nSPS) is 12.8. The number of nitrogens with zero attached hydrogens (tertiary/aromatic N) is 1. The molecular weight excluding hydrogens is 309 g/mol. The highest BCUT2D eigenvalue weighted by Gasteiger charge is 2.31. The number of amides is 1. The van der Waals surface area contributed by atoms with Crippen LogP contribution in [0.25, 0.3) is 0 Å². The number of alkyl halides is 3. The lowest BCUT2D eigenvalue weighted by Crippen LogP contribution is -2.41. The molecule has 1 aromatic rings. The average molecular weight is 322 g/mol. The molecule has 0 spiro atoms. The van der Waals surface area contributed by atoms with Gasteiger partial charge in [0.1, 0.15) is 11.7 Å². The highest BCUT2D eigenvalue weighted by Crippen LogP contribution is 2.28. The second-order valence-corrected chi connectivity index (χ2v) is 5.06. The van der Waals surface area contributed by atoms with Gasteiger partial charge in [0.25, 0.3) is 5.91 Å². The zero-order chi connectivity index (χ0) is 16.0. The van der Waals surface area contributed by atoms with E-state index in [1.54, 1.807) is 6.26 Å². The van der Waals surface area contributed by atoms with Gasteiger partial charge in [-0.2, -0.15) is 24.9 Å². The van der Waals surface area contributed by atoms with Gasteiger partial charge in [-0.3, -0.25) is 9.78 Å². The molecule has 5 nitrogen and oxygen atoms in total. The Hall–Kier alpha value is -1.77. The zero-order valence-corrected chi connectivity index (χ0v) is 11.8. The summed E-state index contributed by atoms with van der Waals surface area (Å²) in [5.74, 6) is -1.50. The SMILES string of the molecule is CSCC[C@H](NC(=O)c1ccc(C(F)(F)F)cn1)C(=O)O. The van der Waals surface area contributed by atoms with Crippen LogP contribution in [0.3, 0.4) is 0 Å². The van der Waals surface area contributed by atoms with E-state index in [0.717, 1.165) is 12.1 Å². The number of pyridine rings is 1. The molecule has 2 N–H and O–H groups in total. The standard InChI is InChI=1S/C12H13F3N2O3S/c1-21-5-4-9(11(19)20)17-10(18)8-3-2-7(6-16-8)12(13,14)15/h2-3,6,9H,4-5H2,1H3,(H,17,18)(H,19,20)/t9-/m0/s1. The van der Waals surface area contributed by atoms with Crippen molar-refractivity contribution in [2.24, 2.45) is 0 Å². The van der Waals surface area contributed by atoms with Crippen LogP contribution in [-0.4, -0.2) is 40.0 Å². The molecule has 0 saturated carbocycles. The summed E-state index contributed by atoms with van der Waals surface area (Å²) < 4.78 is 37.1. The maximum Gasteiger partial charge on any atom is 0.417 e. The van der Waals surface area contributed by atoms with E-state index in [-0.39, 0.29) is 12.1 Å². The number of hydrogen-bond acceptors (Lipinski definition) is 4. The molecule has 0 aromatic carbocycles. The zero-order valence-electron chi connectivity index (χ0n) is 11.0. The van der Waals surface area contributed by atoms with Crippen LogP contribution >= 0.6 is 11.8 Å². The highest BCUT2D eigenvalue weighted by atomic mass is 32.2. The van der Waals surface area contributed by atoms with Gasteiger partial charge in [-0.15, -0.1) is 0 Å². The number of thioether (sulfide) groups is 1. The molecule has 0 aliphatic carbocycles. The minimum atomic E-state index is -4.54. The fraction of sp³-hybridized carbons (Fsp3) is 0.417. The number of carbonyl (C=O) groups excluding carboxylic acids is 1. The summed E-state index contributed by atoms with van der Waals surface area (Å²) in [6.45, 7) is 0. The Morgan fingerprint density at radius 2 is 2.10 bits per heavy atom. The van der Waals surface area contributed by atoms with E-state index < -0.39 is 29.7 Å². The van der Waals surface area contributed by atoms with E-state index in [1.807, 2.05) is 0 Å².